The number of carbonyl (C=O) groups is 2. The largest absolute Gasteiger partial charge is 0.482 e. The minimum Gasteiger partial charge on any atom is -0.482 e. The first kappa shape index (κ1) is 16.3. The molecule has 4 rings (SSSR count). The van der Waals surface area contributed by atoms with Gasteiger partial charge in [0.2, 0.25) is 0 Å². The van der Waals surface area contributed by atoms with Gasteiger partial charge in [-0.05, 0) is 31.2 Å². The van der Waals surface area contributed by atoms with Gasteiger partial charge in [0.1, 0.15) is 11.8 Å². The van der Waals surface area contributed by atoms with E-state index in [1.165, 1.54) is 11.3 Å². The van der Waals surface area contributed by atoms with Gasteiger partial charge in [-0.3, -0.25) is 14.3 Å². The first-order chi connectivity index (χ1) is 12.6. The molecular formula is C17H15N5O3S. The number of nitrogens with zero attached hydrogens (tertiary/aromatic N) is 3. The number of ether oxygens (including phenoxy) is 1. The van der Waals surface area contributed by atoms with E-state index in [4.69, 9.17) is 4.74 Å². The number of anilines is 2. The number of rotatable bonds is 4. The lowest BCUT2D eigenvalue weighted by Gasteiger charge is -2.18. The van der Waals surface area contributed by atoms with Crippen molar-refractivity contribution in [3.05, 3.63) is 42.0 Å². The Labute approximate surface area is 152 Å². The molecule has 2 amide bonds. The van der Waals surface area contributed by atoms with Crippen LogP contribution in [0, 0.1) is 0 Å². The fraction of sp³-hybridized carbons (Fsp3) is 0.176. The molecule has 8 nitrogen and oxygen atoms in total. The highest BCUT2D eigenvalue weighted by atomic mass is 32.1. The van der Waals surface area contributed by atoms with Crippen LogP contribution in [0.2, 0.25) is 0 Å². The second kappa shape index (κ2) is 6.60. The summed E-state index contributed by atoms with van der Waals surface area (Å²) in [4.78, 5) is 28.2. The van der Waals surface area contributed by atoms with Crippen molar-refractivity contribution in [3.63, 3.8) is 0 Å². The number of fused-ring (bicyclic) bond motifs is 1. The van der Waals surface area contributed by atoms with Crippen molar-refractivity contribution < 1.29 is 14.3 Å². The zero-order chi connectivity index (χ0) is 18.1. The summed E-state index contributed by atoms with van der Waals surface area (Å²) >= 11 is 1.33. The van der Waals surface area contributed by atoms with Crippen LogP contribution in [-0.2, 0) is 9.59 Å². The quantitative estimate of drug-likeness (QED) is 0.736. The highest BCUT2D eigenvalue weighted by molar-refractivity contribution is 7.14. The Morgan fingerprint density at radius 3 is 3.15 bits per heavy atom. The van der Waals surface area contributed by atoms with Crippen LogP contribution in [0.1, 0.15) is 13.0 Å². The van der Waals surface area contributed by atoms with E-state index in [2.05, 4.69) is 20.7 Å². The van der Waals surface area contributed by atoms with Gasteiger partial charge in [0.05, 0.1) is 11.4 Å². The average Bonchev–Trinajstić information content (AvgIpc) is 3.32. The molecule has 1 aliphatic heterocycles. The number of amides is 2. The number of hydrogen-bond acceptors (Lipinski definition) is 6. The molecule has 2 N–H and O–H groups in total. The summed E-state index contributed by atoms with van der Waals surface area (Å²) in [5.74, 6) is 0.249. The van der Waals surface area contributed by atoms with Gasteiger partial charge < -0.3 is 15.4 Å². The molecule has 0 bridgehead atoms. The van der Waals surface area contributed by atoms with Crippen molar-refractivity contribution in [1.29, 1.82) is 0 Å². The lowest BCUT2D eigenvalue weighted by atomic mass is 10.1. The maximum absolute atomic E-state index is 12.3. The van der Waals surface area contributed by atoms with Gasteiger partial charge in [0.25, 0.3) is 11.8 Å². The lowest BCUT2D eigenvalue weighted by molar-refractivity contribution is -0.119. The maximum atomic E-state index is 12.3. The van der Waals surface area contributed by atoms with Gasteiger partial charge in [-0.2, -0.15) is 5.10 Å². The molecule has 0 fully saturated rings. The van der Waals surface area contributed by atoms with Gasteiger partial charge in [0.15, 0.2) is 11.7 Å². The Hall–Kier alpha value is -3.20. The summed E-state index contributed by atoms with van der Waals surface area (Å²) in [6.07, 6.45) is 3.37. The van der Waals surface area contributed by atoms with Crippen molar-refractivity contribution in [2.45, 2.75) is 13.0 Å². The highest BCUT2D eigenvalue weighted by Gasteiger charge is 2.19. The van der Waals surface area contributed by atoms with E-state index in [0.717, 1.165) is 5.56 Å². The molecule has 0 radical (unpaired) electrons. The standard InChI is InChI=1S/C17H15N5O3S/c1-10(22-6-2-5-18-22)16(24)21-17-20-13(9-26-17)11-3-4-14-12(7-11)19-15(23)8-25-14/h2-7,9-10H,8H2,1H3,(H,19,23)(H,20,21,24). The number of hydrogen-bond donors (Lipinski definition) is 2. The van der Waals surface area contributed by atoms with Crippen LogP contribution in [0.25, 0.3) is 11.3 Å². The van der Waals surface area contributed by atoms with Crippen LogP contribution in [-0.4, -0.2) is 33.2 Å². The smallest absolute Gasteiger partial charge is 0.262 e. The van der Waals surface area contributed by atoms with Crippen molar-refractivity contribution in [2.24, 2.45) is 0 Å². The fourth-order valence-electron chi connectivity index (χ4n) is 2.55. The number of carbonyl (C=O) groups excluding carboxylic acids is 2. The lowest BCUT2D eigenvalue weighted by Crippen LogP contribution is -2.25. The third kappa shape index (κ3) is 3.16. The van der Waals surface area contributed by atoms with E-state index in [-0.39, 0.29) is 18.4 Å². The first-order valence-corrected chi connectivity index (χ1v) is 8.81. The molecule has 3 heterocycles. The predicted molar refractivity (Wildman–Crippen MR) is 97.2 cm³/mol. The molecule has 9 heteroatoms. The second-order valence-electron chi connectivity index (χ2n) is 5.74. The van der Waals surface area contributed by atoms with E-state index in [1.54, 1.807) is 42.2 Å². The summed E-state index contributed by atoms with van der Waals surface area (Å²) in [6.45, 7) is 1.79. The monoisotopic (exact) mass is 369 g/mol. The highest BCUT2D eigenvalue weighted by Crippen LogP contribution is 2.33. The van der Waals surface area contributed by atoms with Gasteiger partial charge in [0, 0.05) is 23.3 Å². The third-order valence-electron chi connectivity index (χ3n) is 3.94. The van der Waals surface area contributed by atoms with Crippen LogP contribution in [0.4, 0.5) is 10.8 Å². The zero-order valence-corrected chi connectivity index (χ0v) is 14.6. The molecule has 2 aromatic heterocycles. The molecule has 132 valence electrons. The molecule has 1 aromatic carbocycles. The third-order valence-corrected chi connectivity index (χ3v) is 4.70. The number of aromatic nitrogens is 3. The fourth-order valence-corrected chi connectivity index (χ4v) is 3.27. The number of thiazole rings is 1. The van der Waals surface area contributed by atoms with E-state index in [0.29, 0.717) is 22.3 Å². The molecule has 1 atom stereocenters. The Balaban J connectivity index is 1.50. The first-order valence-electron chi connectivity index (χ1n) is 7.93. The Kier molecular flexibility index (Phi) is 4.13. The van der Waals surface area contributed by atoms with E-state index in [1.807, 2.05) is 11.4 Å². The van der Waals surface area contributed by atoms with Crippen LogP contribution >= 0.6 is 11.3 Å². The minimum absolute atomic E-state index is 0.0215. The SMILES string of the molecule is CC(C(=O)Nc1nc(-c2ccc3c(c2)NC(=O)CO3)cs1)n1cccn1. The Morgan fingerprint density at radius 1 is 1.46 bits per heavy atom. The van der Waals surface area contributed by atoms with Crippen LogP contribution < -0.4 is 15.4 Å². The van der Waals surface area contributed by atoms with E-state index < -0.39 is 6.04 Å². The summed E-state index contributed by atoms with van der Waals surface area (Å²) in [6, 6.07) is 6.79. The normalized spacial score (nSPS) is 14.1. The number of benzene rings is 1. The Bertz CT molecular complexity index is 967. The van der Waals surface area contributed by atoms with Crippen molar-refractivity contribution in [2.75, 3.05) is 17.2 Å². The maximum Gasteiger partial charge on any atom is 0.262 e. The number of nitrogens with one attached hydrogen (secondary N) is 2. The molecule has 1 aliphatic rings. The van der Waals surface area contributed by atoms with Crippen molar-refractivity contribution in [3.8, 4) is 17.0 Å². The van der Waals surface area contributed by atoms with Gasteiger partial charge in [-0.1, -0.05) is 0 Å². The van der Waals surface area contributed by atoms with E-state index >= 15 is 0 Å². The summed E-state index contributed by atoms with van der Waals surface area (Å²) in [7, 11) is 0. The van der Waals surface area contributed by atoms with Crippen molar-refractivity contribution >= 4 is 34.0 Å². The van der Waals surface area contributed by atoms with Crippen LogP contribution in [0.15, 0.2) is 42.0 Å². The average molecular weight is 369 g/mol. The summed E-state index contributed by atoms with van der Waals surface area (Å²) in [5.41, 5.74) is 2.15. The molecule has 0 aliphatic carbocycles. The van der Waals surface area contributed by atoms with Crippen LogP contribution in [0.5, 0.6) is 5.75 Å². The molecular weight excluding hydrogens is 354 g/mol. The topological polar surface area (TPSA) is 98.1 Å². The molecule has 0 saturated carbocycles. The van der Waals surface area contributed by atoms with Gasteiger partial charge in [-0.15, -0.1) is 11.3 Å². The van der Waals surface area contributed by atoms with Crippen molar-refractivity contribution in [1.82, 2.24) is 14.8 Å². The Morgan fingerprint density at radius 2 is 2.35 bits per heavy atom. The van der Waals surface area contributed by atoms with Gasteiger partial charge >= 0.3 is 0 Å². The van der Waals surface area contributed by atoms with E-state index in [9.17, 15) is 9.59 Å². The second-order valence-corrected chi connectivity index (χ2v) is 6.60. The van der Waals surface area contributed by atoms with Gasteiger partial charge in [-0.25, -0.2) is 4.98 Å². The molecule has 0 saturated heterocycles. The molecule has 0 spiro atoms. The minimum atomic E-state index is -0.437. The van der Waals surface area contributed by atoms with Crippen LogP contribution in [0.3, 0.4) is 0 Å². The summed E-state index contributed by atoms with van der Waals surface area (Å²) < 4.78 is 6.93. The molecule has 3 aromatic rings. The zero-order valence-electron chi connectivity index (χ0n) is 13.8. The molecule has 26 heavy (non-hydrogen) atoms. The predicted octanol–water partition coefficient (Wildman–Crippen LogP) is 2.54. The molecule has 1 unspecified atom stereocenters. The summed E-state index contributed by atoms with van der Waals surface area (Å²) in [5, 5.41) is 12.0.